The molecule has 1 aromatic heterocycles. The van der Waals surface area contributed by atoms with Gasteiger partial charge in [0.15, 0.2) is 6.54 Å². The summed E-state index contributed by atoms with van der Waals surface area (Å²) in [5.41, 5.74) is 2.59. The number of carbonyl (C=O) groups excluding carboxylic acids is 2. The molecular weight excluding hydrogens is 756 g/mol. The van der Waals surface area contributed by atoms with Crippen LogP contribution in [0.2, 0.25) is 10.0 Å². The number of aldehydes is 1. The normalized spacial score (nSPS) is 14.0. The van der Waals surface area contributed by atoms with Gasteiger partial charge in [0.25, 0.3) is 21.0 Å². The fourth-order valence-corrected chi connectivity index (χ4v) is 8.69. The minimum absolute atomic E-state index is 0.0389. The fraction of sp³-hybridized carbons (Fsp3) is 0.257. The number of carbonyl (C=O) groups is 3. The lowest BCUT2D eigenvalue weighted by atomic mass is 10.1. The Balaban J connectivity index is 1.30. The first-order valence-corrected chi connectivity index (χ1v) is 19.8. The van der Waals surface area contributed by atoms with E-state index < -0.39 is 28.0 Å². The number of carboxylic acids is 1. The molecule has 51 heavy (non-hydrogen) atoms. The maximum atomic E-state index is 13.1. The van der Waals surface area contributed by atoms with Crippen molar-refractivity contribution in [2.24, 2.45) is 0 Å². The molecule has 3 N–H and O–H groups in total. The molecule has 0 saturated carbocycles. The Bertz CT molecular complexity index is 2120. The lowest BCUT2D eigenvalue weighted by Gasteiger charge is -2.29. The summed E-state index contributed by atoms with van der Waals surface area (Å²) < 4.78 is 35.2. The summed E-state index contributed by atoms with van der Waals surface area (Å²) in [6.07, 6.45) is 4.22. The van der Waals surface area contributed by atoms with Crippen molar-refractivity contribution < 1.29 is 37.0 Å². The number of anilines is 2. The Morgan fingerprint density at radius 1 is 1.06 bits per heavy atom. The van der Waals surface area contributed by atoms with Crippen LogP contribution in [0.1, 0.15) is 41.6 Å². The number of unbranched alkanes of at least 4 members (excludes halogenated alkanes) is 1. The van der Waals surface area contributed by atoms with Gasteiger partial charge >= 0.3 is 5.97 Å². The summed E-state index contributed by atoms with van der Waals surface area (Å²) in [6.45, 7) is 6.58. The zero-order valence-corrected chi connectivity index (χ0v) is 31.4. The molecule has 0 bridgehead atoms. The lowest BCUT2D eigenvalue weighted by molar-refractivity contribution is -0.668. The molecule has 3 aromatic carbocycles. The Kier molecular flexibility index (Phi) is 12.5. The molecule has 0 radical (unpaired) electrons. The molecule has 2 heterocycles. The second-order valence-corrected chi connectivity index (χ2v) is 16.3. The molecule has 11 nitrogen and oxygen atoms in total. The zero-order chi connectivity index (χ0) is 36.9. The highest BCUT2D eigenvalue weighted by molar-refractivity contribution is 8.03. The predicted octanol–water partition coefficient (Wildman–Crippen LogP) is 6.89. The quantitative estimate of drug-likeness (QED) is 0.0361. The first-order valence-electron chi connectivity index (χ1n) is 15.8. The van der Waals surface area contributed by atoms with Gasteiger partial charge in [-0.1, -0.05) is 52.9 Å². The molecule has 4 aromatic rings. The van der Waals surface area contributed by atoms with Crippen LogP contribution in [0.25, 0.3) is 16.3 Å². The Morgan fingerprint density at radius 2 is 1.76 bits per heavy atom. The van der Waals surface area contributed by atoms with Crippen LogP contribution in [0.4, 0.5) is 11.4 Å². The molecule has 1 aliphatic rings. The van der Waals surface area contributed by atoms with Gasteiger partial charge in [0.05, 0.1) is 22.5 Å². The van der Waals surface area contributed by atoms with Gasteiger partial charge in [0, 0.05) is 51.8 Å². The summed E-state index contributed by atoms with van der Waals surface area (Å²) in [5, 5.41) is 15.5. The van der Waals surface area contributed by atoms with Crippen LogP contribution < -0.4 is 19.7 Å². The summed E-state index contributed by atoms with van der Waals surface area (Å²) in [5.74, 6) is -2.02. The number of rotatable bonds is 16. The first kappa shape index (κ1) is 38.3. The summed E-state index contributed by atoms with van der Waals surface area (Å²) in [6, 6.07) is 16.4. The third-order valence-electron chi connectivity index (χ3n) is 8.11. The van der Waals surface area contributed by atoms with E-state index in [1.54, 1.807) is 53.4 Å². The predicted molar refractivity (Wildman–Crippen MR) is 203 cm³/mol. The Morgan fingerprint density at radius 3 is 2.45 bits per heavy atom. The number of carboxylic acid groups (broad SMARTS) is 1. The molecule has 1 aliphatic heterocycles. The van der Waals surface area contributed by atoms with Gasteiger partial charge in [-0.25, -0.2) is 4.79 Å². The number of halogens is 2. The highest BCUT2D eigenvalue weighted by Gasteiger charge is 2.29. The van der Waals surface area contributed by atoms with Crippen molar-refractivity contribution in [1.82, 2.24) is 5.32 Å². The van der Waals surface area contributed by atoms with Gasteiger partial charge in [-0.3, -0.25) is 14.1 Å². The minimum atomic E-state index is -4.12. The minimum Gasteiger partial charge on any atom is -0.480 e. The molecule has 1 atom stereocenters. The maximum absolute atomic E-state index is 13.1. The second kappa shape index (κ2) is 16.6. The van der Waals surface area contributed by atoms with Crippen molar-refractivity contribution in [2.75, 3.05) is 28.6 Å². The van der Waals surface area contributed by atoms with Crippen LogP contribution in [0.3, 0.4) is 0 Å². The number of hydrogen-bond donors (Lipinski definition) is 3. The number of aryl methyl sites for hydroxylation is 1. The highest BCUT2D eigenvalue weighted by Crippen LogP contribution is 2.48. The molecule has 0 saturated heterocycles. The number of aliphatic carboxylic acids is 1. The average Bonchev–Trinajstić information content (AvgIpc) is 3.60. The summed E-state index contributed by atoms with van der Waals surface area (Å²) >= 11 is 15.9. The highest BCUT2D eigenvalue weighted by atomic mass is 35.5. The van der Waals surface area contributed by atoms with Crippen LogP contribution in [0.15, 0.2) is 82.9 Å². The topological polar surface area (TPSA) is 148 Å². The van der Waals surface area contributed by atoms with E-state index >= 15 is 0 Å². The zero-order valence-electron chi connectivity index (χ0n) is 27.4. The van der Waals surface area contributed by atoms with Crippen molar-refractivity contribution >= 4 is 102 Å². The number of fused-ring (bicyclic) bond motifs is 2. The average molecular weight is 791 g/mol. The van der Waals surface area contributed by atoms with E-state index in [2.05, 4.69) is 22.9 Å². The number of thioether (sulfide) groups is 1. The third kappa shape index (κ3) is 9.50. The SMILES string of the molecule is C=C(C(=O)NCCCCN1C(=Cc2sc3ccc(Cl)cc3[n+]2CCCS(=O)(=O)O)Sc2ccc(Cl)cc21)N(c1ccc(C=O)cc1)C(C)C(=O)O. The number of benzene rings is 3. The molecule has 1 amide bonds. The van der Waals surface area contributed by atoms with E-state index in [0.717, 1.165) is 30.8 Å². The molecular formula is C35H35Cl2N4O7S3+. The molecule has 5 rings (SSSR count). The van der Waals surface area contributed by atoms with Crippen molar-refractivity contribution in [2.45, 2.75) is 43.7 Å². The lowest BCUT2D eigenvalue weighted by Crippen LogP contribution is -2.43. The van der Waals surface area contributed by atoms with Crippen molar-refractivity contribution in [3.8, 4) is 0 Å². The van der Waals surface area contributed by atoms with Crippen LogP contribution in [0.5, 0.6) is 0 Å². The van der Waals surface area contributed by atoms with Crippen LogP contribution in [-0.2, 0) is 26.3 Å². The standard InChI is InChI=1S/C35H34Cl2N4O7S3/c1-22(41(23(2)35(44)45)27-10-6-24(21-42)7-11-27)34(43)38-14-3-4-15-39-28-18-25(36)8-12-30(28)49-32(39)20-33-40(16-5-17-51(46,47)48)29-19-26(37)9-13-31(29)50-33/h6-13,18-21,23H,1,3-5,14-17H2,2H3,(H2-,38,43,44,45,46,47,48)/p+1. The molecule has 0 spiro atoms. The van der Waals surface area contributed by atoms with Gasteiger partial charge in [0.1, 0.15) is 22.7 Å². The molecule has 0 aliphatic carbocycles. The molecule has 268 valence electrons. The molecule has 0 fully saturated rings. The Labute approximate surface area is 313 Å². The number of thiazole rings is 1. The van der Waals surface area contributed by atoms with Gasteiger partial charge in [-0.15, -0.1) is 0 Å². The van der Waals surface area contributed by atoms with Crippen LogP contribution >= 0.6 is 46.3 Å². The summed E-state index contributed by atoms with van der Waals surface area (Å²) in [4.78, 5) is 40.6. The van der Waals surface area contributed by atoms with E-state index in [1.807, 2.05) is 34.9 Å². The van der Waals surface area contributed by atoms with Gasteiger partial charge in [-0.05, 0) is 74.4 Å². The molecule has 1 unspecified atom stereocenters. The van der Waals surface area contributed by atoms with E-state index in [-0.39, 0.29) is 17.9 Å². The van der Waals surface area contributed by atoms with Crippen LogP contribution in [0, 0.1) is 0 Å². The number of amides is 1. The van der Waals surface area contributed by atoms with Crippen molar-refractivity contribution in [1.29, 1.82) is 0 Å². The van der Waals surface area contributed by atoms with E-state index in [4.69, 9.17) is 23.2 Å². The monoisotopic (exact) mass is 789 g/mol. The first-order chi connectivity index (χ1) is 24.3. The van der Waals surface area contributed by atoms with Gasteiger partial charge < -0.3 is 20.2 Å². The van der Waals surface area contributed by atoms with Gasteiger partial charge in [0.2, 0.25) is 5.52 Å². The van der Waals surface area contributed by atoms with Gasteiger partial charge in [-0.2, -0.15) is 13.0 Å². The third-order valence-corrected chi connectivity index (χ3v) is 11.6. The number of nitrogens with zero attached hydrogens (tertiary/aromatic N) is 3. The van der Waals surface area contributed by atoms with E-state index in [0.29, 0.717) is 60.1 Å². The largest absolute Gasteiger partial charge is 0.480 e. The fourth-order valence-electron chi connectivity index (χ4n) is 5.58. The second-order valence-electron chi connectivity index (χ2n) is 11.7. The number of nitrogens with one attached hydrogen (secondary N) is 1. The smallest absolute Gasteiger partial charge is 0.326 e. The van der Waals surface area contributed by atoms with E-state index in [1.165, 1.54) is 11.8 Å². The van der Waals surface area contributed by atoms with Crippen molar-refractivity contribution in [3.05, 3.63) is 98.6 Å². The van der Waals surface area contributed by atoms with E-state index in [9.17, 15) is 32.5 Å². The molecule has 16 heteroatoms. The Hall–Kier alpha value is -3.92. The maximum Gasteiger partial charge on any atom is 0.326 e. The van der Waals surface area contributed by atoms with Crippen molar-refractivity contribution in [3.63, 3.8) is 0 Å². The number of hydrogen-bond acceptors (Lipinski definition) is 9. The van der Waals surface area contributed by atoms with Crippen LogP contribution in [-0.4, -0.2) is 61.1 Å². The number of aromatic nitrogens is 1. The summed E-state index contributed by atoms with van der Waals surface area (Å²) in [7, 11) is -4.12.